The van der Waals surface area contributed by atoms with Gasteiger partial charge in [0.15, 0.2) is 5.65 Å². The first-order valence-electron chi connectivity index (χ1n) is 4.68. The monoisotopic (exact) mass is 189 g/mol. The van der Waals surface area contributed by atoms with Crippen molar-refractivity contribution in [2.75, 3.05) is 12.3 Å². The molecule has 5 nitrogen and oxygen atoms in total. The number of nitrogens with zero attached hydrogens (tertiary/aromatic N) is 3. The minimum Gasteiger partial charge on any atom is -0.383 e. The second-order valence-corrected chi connectivity index (χ2v) is 3.45. The molecule has 0 radical (unpaired) electrons. The largest absolute Gasteiger partial charge is 0.383 e. The van der Waals surface area contributed by atoms with Crippen molar-refractivity contribution in [2.24, 2.45) is 0 Å². The summed E-state index contributed by atoms with van der Waals surface area (Å²) in [5.41, 5.74) is 9.04. The maximum absolute atomic E-state index is 6.00. The first-order valence-corrected chi connectivity index (χ1v) is 4.68. The smallest absolute Gasteiger partial charge is 0.157 e. The third kappa shape index (κ3) is 0.927. The molecule has 1 aliphatic rings. The van der Waals surface area contributed by atoms with E-state index in [1.807, 2.05) is 6.07 Å². The molecule has 0 fully saturated rings. The second-order valence-electron chi connectivity index (χ2n) is 3.45. The standard InChI is InChI=1S/C9H11N5/c10-9-6-5-11-3-1-7(6)13-8-2-4-12-14(8)9/h2,4,11H,1,3,5,10H2. The van der Waals surface area contributed by atoms with Crippen molar-refractivity contribution in [3.63, 3.8) is 0 Å². The number of hydrogen-bond acceptors (Lipinski definition) is 4. The summed E-state index contributed by atoms with van der Waals surface area (Å²) in [7, 11) is 0. The van der Waals surface area contributed by atoms with E-state index in [0.29, 0.717) is 5.82 Å². The zero-order chi connectivity index (χ0) is 9.54. The molecule has 0 saturated carbocycles. The highest BCUT2D eigenvalue weighted by Crippen LogP contribution is 2.19. The Kier molecular flexibility index (Phi) is 1.49. The summed E-state index contributed by atoms with van der Waals surface area (Å²) in [6, 6.07) is 1.87. The molecule has 0 amide bonds. The van der Waals surface area contributed by atoms with Crippen LogP contribution in [0, 0.1) is 0 Å². The molecule has 14 heavy (non-hydrogen) atoms. The lowest BCUT2D eigenvalue weighted by Crippen LogP contribution is -2.26. The van der Waals surface area contributed by atoms with E-state index < -0.39 is 0 Å². The molecule has 3 heterocycles. The van der Waals surface area contributed by atoms with Crippen molar-refractivity contribution in [1.82, 2.24) is 19.9 Å². The molecule has 0 bridgehead atoms. The Morgan fingerprint density at radius 2 is 2.43 bits per heavy atom. The van der Waals surface area contributed by atoms with E-state index in [1.54, 1.807) is 10.7 Å². The van der Waals surface area contributed by atoms with Crippen molar-refractivity contribution in [3.8, 4) is 0 Å². The van der Waals surface area contributed by atoms with Crippen LogP contribution < -0.4 is 11.1 Å². The Morgan fingerprint density at radius 1 is 1.50 bits per heavy atom. The van der Waals surface area contributed by atoms with Gasteiger partial charge in [-0.05, 0) is 0 Å². The van der Waals surface area contributed by atoms with E-state index in [4.69, 9.17) is 5.73 Å². The molecule has 2 aromatic heterocycles. The quantitative estimate of drug-likeness (QED) is 0.610. The van der Waals surface area contributed by atoms with Crippen LogP contribution in [0.3, 0.4) is 0 Å². The fourth-order valence-electron chi connectivity index (χ4n) is 1.87. The zero-order valence-corrected chi connectivity index (χ0v) is 7.70. The predicted molar refractivity (Wildman–Crippen MR) is 52.8 cm³/mol. The molecule has 2 aromatic rings. The molecule has 3 rings (SSSR count). The van der Waals surface area contributed by atoms with Gasteiger partial charge in [0.25, 0.3) is 0 Å². The van der Waals surface area contributed by atoms with Crippen LogP contribution in [0.1, 0.15) is 11.3 Å². The number of fused-ring (bicyclic) bond motifs is 2. The molecule has 0 aromatic carbocycles. The van der Waals surface area contributed by atoms with Gasteiger partial charge in [0.2, 0.25) is 0 Å². The van der Waals surface area contributed by atoms with Crippen LogP contribution in [0.4, 0.5) is 5.82 Å². The normalized spacial score (nSPS) is 15.7. The Labute approximate surface area is 80.9 Å². The average molecular weight is 189 g/mol. The zero-order valence-electron chi connectivity index (χ0n) is 7.70. The maximum Gasteiger partial charge on any atom is 0.157 e. The number of anilines is 1. The molecule has 3 N–H and O–H groups in total. The summed E-state index contributed by atoms with van der Waals surface area (Å²) in [5, 5.41) is 7.41. The molecular weight excluding hydrogens is 178 g/mol. The third-order valence-corrected chi connectivity index (χ3v) is 2.60. The van der Waals surface area contributed by atoms with E-state index in [0.717, 1.165) is 36.4 Å². The van der Waals surface area contributed by atoms with Crippen LogP contribution in [0.15, 0.2) is 12.3 Å². The lowest BCUT2D eigenvalue weighted by Gasteiger charge is -2.18. The van der Waals surface area contributed by atoms with Crippen LogP contribution >= 0.6 is 0 Å². The minimum absolute atomic E-state index is 0.710. The molecule has 0 spiro atoms. The fraction of sp³-hybridized carbons (Fsp3) is 0.333. The molecule has 0 atom stereocenters. The summed E-state index contributed by atoms with van der Waals surface area (Å²) in [5.74, 6) is 0.710. The number of hydrogen-bond donors (Lipinski definition) is 2. The first kappa shape index (κ1) is 7.75. The fourth-order valence-corrected chi connectivity index (χ4v) is 1.87. The summed E-state index contributed by atoms with van der Waals surface area (Å²) >= 11 is 0. The molecular formula is C9H11N5. The molecule has 1 aliphatic heterocycles. The van der Waals surface area contributed by atoms with Crippen LogP contribution in [-0.2, 0) is 13.0 Å². The summed E-state index contributed by atoms with van der Waals surface area (Å²) in [6.07, 6.45) is 2.67. The van der Waals surface area contributed by atoms with E-state index >= 15 is 0 Å². The van der Waals surface area contributed by atoms with Crippen LogP contribution in [0.5, 0.6) is 0 Å². The number of nitrogens with two attached hydrogens (primary N) is 1. The van der Waals surface area contributed by atoms with Crippen molar-refractivity contribution in [3.05, 3.63) is 23.5 Å². The van der Waals surface area contributed by atoms with Gasteiger partial charge in [-0.2, -0.15) is 9.61 Å². The average Bonchev–Trinajstić information content (AvgIpc) is 2.66. The van der Waals surface area contributed by atoms with Crippen molar-refractivity contribution < 1.29 is 0 Å². The van der Waals surface area contributed by atoms with Gasteiger partial charge in [-0.1, -0.05) is 0 Å². The molecule has 72 valence electrons. The molecule has 0 saturated heterocycles. The lowest BCUT2D eigenvalue weighted by molar-refractivity contribution is 0.627. The SMILES string of the molecule is Nc1c2c(nc3ccnn13)CCNC2. The van der Waals surface area contributed by atoms with Crippen LogP contribution in [-0.4, -0.2) is 21.1 Å². The number of rotatable bonds is 0. The lowest BCUT2D eigenvalue weighted by atomic mass is 10.1. The van der Waals surface area contributed by atoms with Gasteiger partial charge in [0.1, 0.15) is 5.82 Å². The Morgan fingerprint density at radius 3 is 3.36 bits per heavy atom. The number of nitrogen functional groups attached to an aromatic ring is 1. The van der Waals surface area contributed by atoms with Gasteiger partial charge in [-0.25, -0.2) is 4.98 Å². The van der Waals surface area contributed by atoms with Gasteiger partial charge >= 0.3 is 0 Å². The Balaban J connectivity index is 2.36. The van der Waals surface area contributed by atoms with Crippen LogP contribution in [0.25, 0.3) is 5.65 Å². The molecule has 5 heteroatoms. The topological polar surface area (TPSA) is 68.2 Å². The van der Waals surface area contributed by atoms with Gasteiger partial charge < -0.3 is 11.1 Å². The van der Waals surface area contributed by atoms with Gasteiger partial charge in [-0.3, -0.25) is 0 Å². The third-order valence-electron chi connectivity index (χ3n) is 2.60. The van der Waals surface area contributed by atoms with Gasteiger partial charge in [-0.15, -0.1) is 0 Å². The minimum atomic E-state index is 0.710. The van der Waals surface area contributed by atoms with Crippen molar-refractivity contribution in [1.29, 1.82) is 0 Å². The molecule has 0 unspecified atom stereocenters. The maximum atomic E-state index is 6.00. The summed E-state index contributed by atoms with van der Waals surface area (Å²) in [4.78, 5) is 4.52. The predicted octanol–water partition coefficient (Wildman–Crippen LogP) is -0.0428. The highest BCUT2D eigenvalue weighted by Gasteiger charge is 2.16. The van der Waals surface area contributed by atoms with Gasteiger partial charge in [0.05, 0.1) is 11.9 Å². The number of aromatic nitrogens is 3. The van der Waals surface area contributed by atoms with E-state index in [1.165, 1.54) is 0 Å². The van der Waals surface area contributed by atoms with Crippen molar-refractivity contribution in [2.45, 2.75) is 13.0 Å². The highest BCUT2D eigenvalue weighted by molar-refractivity contribution is 5.53. The van der Waals surface area contributed by atoms with Gasteiger partial charge in [0, 0.05) is 31.1 Å². The molecule has 0 aliphatic carbocycles. The Bertz CT molecular complexity index is 487. The summed E-state index contributed by atoms with van der Waals surface area (Å²) in [6.45, 7) is 1.77. The Hall–Kier alpha value is -1.62. The number of nitrogens with one attached hydrogen (secondary N) is 1. The second kappa shape index (κ2) is 2.68. The van der Waals surface area contributed by atoms with Crippen molar-refractivity contribution >= 4 is 11.5 Å². The first-order chi connectivity index (χ1) is 6.86. The van der Waals surface area contributed by atoms with E-state index in [9.17, 15) is 0 Å². The van der Waals surface area contributed by atoms with Crippen LogP contribution in [0.2, 0.25) is 0 Å². The highest BCUT2D eigenvalue weighted by atomic mass is 15.3. The van der Waals surface area contributed by atoms with E-state index in [2.05, 4.69) is 15.4 Å². The van der Waals surface area contributed by atoms with E-state index in [-0.39, 0.29) is 0 Å². The summed E-state index contributed by atoms with van der Waals surface area (Å²) < 4.78 is 1.69.